The largest absolute Gasteiger partial charge is 0.374 e. The van der Waals surface area contributed by atoms with Crippen LogP contribution in [0.1, 0.15) is 43.7 Å². The summed E-state index contributed by atoms with van der Waals surface area (Å²) in [5.41, 5.74) is 2.67. The number of hydrogen-bond acceptors (Lipinski definition) is 2. The first-order valence-electron chi connectivity index (χ1n) is 7.12. The minimum absolute atomic E-state index is 0.469. The second-order valence-corrected chi connectivity index (χ2v) is 5.50. The predicted molar refractivity (Wildman–Crippen MR) is 75.4 cm³/mol. The first-order chi connectivity index (χ1) is 8.79. The maximum Gasteiger partial charge on any atom is 0.0723 e. The minimum Gasteiger partial charge on any atom is -0.374 e. The Kier molecular flexibility index (Phi) is 5.21. The first kappa shape index (κ1) is 13.6. The maximum absolute atomic E-state index is 6.10. The van der Waals surface area contributed by atoms with Crippen LogP contribution in [0.15, 0.2) is 24.3 Å². The van der Waals surface area contributed by atoms with Crippen molar-refractivity contribution in [2.45, 2.75) is 51.9 Å². The molecular formula is C16H25NO. The zero-order chi connectivity index (χ0) is 12.8. The monoisotopic (exact) mass is 247 g/mol. The molecule has 2 unspecified atom stereocenters. The summed E-state index contributed by atoms with van der Waals surface area (Å²) in [5, 5.41) is 3.21. The average molecular weight is 247 g/mol. The summed E-state index contributed by atoms with van der Waals surface area (Å²) in [6.45, 7) is 4.01. The SMILES string of the molecule is CNCc1ccccc1COC1CCCC(C)C1. The molecule has 2 rings (SSSR count). The van der Waals surface area contributed by atoms with E-state index >= 15 is 0 Å². The van der Waals surface area contributed by atoms with Gasteiger partial charge in [0.1, 0.15) is 0 Å². The van der Waals surface area contributed by atoms with Gasteiger partial charge in [0.25, 0.3) is 0 Å². The molecular weight excluding hydrogens is 222 g/mol. The van der Waals surface area contributed by atoms with E-state index in [1.165, 1.54) is 36.8 Å². The Morgan fingerprint density at radius 1 is 1.22 bits per heavy atom. The molecule has 1 N–H and O–H groups in total. The number of nitrogens with one attached hydrogen (secondary N) is 1. The van der Waals surface area contributed by atoms with Gasteiger partial charge in [-0.2, -0.15) is 0 Å². The Morgan fingerprint density at radius 2 is 2.00 bits per heavy atom. The van der Waals surface area contributed by atoms with Crippen LogP contribution in [-0.2, 0) is 17.9 Å². The van der Waals surface area contributed by atoms with Gasteiger partial charge in [-0.15, -0.1) is 0 Å². The highest BCUT2D eigenvalue weighted by Crippen LogP contribution is 2.26. The Hall–Kier alpha value is -0.860. The summed E-state index contributed by atoms with van der Waals surface area (Å²) in [6, 6.07) is 8.55. The first-order valence-corrected chi connectivity index (χ1v) is 7.12. The Morgan fingerprint density at radius 3 is 2.72 bits per heavy atom. The fraction of sp³-hybridized carbons (Fsp3) is 0.625. The van der Waals surface area contributed by atoms with Crippen LogP contribution in [0.25, 0.3) is 0 Å². The molecule has 18 heavy (non-hydrogen) atoms. The van der Waals surface area contributed by atoms with Gasteiger partial charge in [-0.3, -0.25) is 0 Å². The third-order valence-corrected chi connectivity index (χ3v) is 3.85. The van der Waals surface area contributed by atoms with E-state index in [1.807, 2.05) is 7.05 Å². The van der Waals surface area contributed by atoms with Crippen LogP contribution in [0, 0.1) is 5.92 Å². The van der Waals surface area contributed by atoms with Gasteiger partial charge >= 0.3 is 0 Å². The van der Waals surface area contributed by atoms with Gasteiger partial charge in [-0.25, -0.2) is 0 Å². The molecule has 0 bridgehead atoms. The Bertz CT molecular complexity index is 364. The van der Waals surface area contributed by atoms with Crippen LogP contribution >= 0.6 is 0 Å². The summed E-state index contributed by atoms with van der Waals surface area (Å²) < 4.78 is 6.10. The van der Waals surface area contributed by atoms with E-state index in [9.17, 15) is 0 Å². The van der Waals surface area contributed by atoms with Gasteiger partial charge < -0.3 is 10.1 Å². The number of ether oxygens (including phenoxy) is 1. The Labute approximate surface area is 111 Å². The lowest BCUT2D eigenvalue weighted by Crippen LogP contribution is -2.21. The summed E-state index contributed by atoms with van der Waals surface area (Å²) in [4.78, 5) is 0. The highest BCUT2D eigenvalue weighted by molar-refractivity contribution is 5.26. The van der Waals surface area contributed by atoms with Crippen LogP contribution in [0.2, 0.25) is 0 Å². The van der Waals surface area contributed by atoms with Crippen LogP contribution < -0.4 is 5.32 Å². The molecule has 0 spiro atoms. The van der Waals surface area contributed by atoms with E-state index < -0.39 is 0 Å². The normalized spacial score (nSPS) is 24.1. The second-order valence-electron chi connectivity index (χ2n) is 5.50. The number of hydrogen-bond donors (Lipinski definition) is 1. The molecule has 2 nitrogen and oxygen atoms in total. The predicted octanol–water partition coefficient (Wildman–Crippen LogP) is 3.50. The van der Waals surface area contributed by atoms with Crippen LogP contribution in [-0.4, -0.2) is 13.2 Å². The third-order valence-electron chi connectivity index (χ3n) is 3.85. The zero-order valence-electron chi connectivity index (χ0n) is 11.6. The van der Waals surface area contributed by atoms with Crippen molar-refractivity contribution < 1.29 is 4.74 Å². The van der Waals surface area contributed by atoms with Crippen molar-refractivity contribution in [2.75, 3.05) is 7.05 Å². The molecule has 0 aliphatic heterocycles. The van der Waals surface area contributed by atoms with E-state index in [0.29, 0.717) is 6.10 Å². The lowest BCUT2D eigenvalue weighted by Gasteiger charge is -2.27. The summed E-state index contributed by atoms with van der Waals surface area (Å²) in [6.07, 6.45) is 5.63. The minimum atomic E-state index is 0.469. The topological polar surface area (TPSA) is 21.3 Å². The summed E-state index contributed by atoms with van der Waals surface area (Å²) in [5.74, 6) is 0.830. The summed E-state index contributed by atoms with van der Waals surface area (Å²) >= 11 is 0. The molecule has 1 aliphatic carbocycles. The van der Waals surface area contributed by atoms with Crippen molar-refractivity contribution in [1.29, 1.82) is 0 Å². The van der Waals surface area contributed by atoms with Gasteiger partial charge in [0.2, 0.25) is 0 Å². The van der Waals surface area contributed by atoms with Gasteiger partial charge in [-0.1, -0.05) is 44.0 Å². The smallest absolute Gasteiger partial charge is 0.0723 e. The number of rotatable bonds is 5. The average Bonchev–Trinajstić information content (AvgIpc) is 2.38. The van der Waals surface area contributed by atoms with Crippen molar-refractivity contribution >= 4 is 0 Å². The van der Waals surface area contributed by atoms with Crippen molar-refractivity contribution in [3.8, 4) is 0 Å². The van der Waals surface area contributed by atoms with E-state index in [-0.39, 0.29) is 0 Å². The fourth-order valence-electron chi connectivity index (χ4n) is 2.80. The molecule has 2 atom stereocenters. The lowest BCUT2D eigenvalue weighted by molar-refractivity contribution is 0.00436. The molecule has 0 amide bonds. The van der Waals surface area contributed by atoms with Crippen molar-refractivity contribution in [2.24, 2.45) is 5.92 Å². The molecule has 0 aromatic heterocycles. The van der Waals surface area contributed by atoms with Gasteiger partial charge in [-0.05, 0) is 36.9 Å². The third kappa shape index (κ3) is 3.82. The lowest BCUT2D eigenvalue weighted by atomic mass is 9.89. The van der Waals surface area contributed by atoms with Crippen LogP contribution in [0.4, 0.5) is 0 Å². The highest BCUT2D eigenvalue weighted by atomic mass is 16.5. The molecule has 2 heteroatoms. The van der Waals surface area contributed by atoms with Crippen molar-refractivity contribution in [3.63, 3.8) is 0 Å². The van der Waals surface area contributed by atoms with Gasteiger partial charge in [0.05, 0.1) is 12.7 Å². The van der Waals surface area contributed by atoms with E-state index in [0.717, 1.165) is 19.1 Å². The van der Waals surface area contributed by atoms with Crippen molar-refractivity contribution in [3.05, 3.63) is 35.4 Å². The molecule has 1 aromatic rings. The Balaban J connectivity index is 1.89. The van der Waals surface area contributed by atoms with Gasteiger partial charge in [0, 0.05) is 6.54 Å². The van der Waals surface area contributed by atoms with Gasteiger partial charge in [0.15, 0.2) is 0 Å². The molecule has 1 aromatic carbocycles. The molecule has 1 saturated carbocycles. The molecule has 1 aliphatic rings. The molecule has 0 radical (unpaired) electrons. The molecule has 0 saturated heterocycles. The van der Waals surface area contributed by atoms with E-state index in [2.05, 4.69) is 36.5 Å². The maximum atomic E-state index is 6.10. The molecule has 100 valence electrons. The highest BCUT2D eigenvalue weighted by Gasteiger charge is 2.19. The zero-order valence-corrected chi connectivity index (χ0v) is 11.6. The van der Waals surface area contributed by atoms with Crippen LogP contribution in [0.3, 0.4) is 0 Å². The van der Waals surface area contributed by atoms with E-state index in [1.54, 1.807) is 0 Å². The molecule has 1 fully saturated rings. The fourth-order valence-corrected chi connectivity index (χ4v) is 2.80. The second kappa shape index (κ2) is 6.91. The standard InChI is InChI=1S/C16H25NO/c1-13-6-5-9-16(10-13)18-12-15-8-4-3-7-14(15)11-17-2/h3-4,7-8,13,16-17H,5-6,9-12H2,1-2H3. The number of benzene rings is 1. The molecule has 0 heterocycles. The van der Waals surface area contributed by atoms with Crippen molar-refractivity contribution in [1.82, 2.24) is 5.32 Å². The van der Waals surface area contributed by atoms with E-state index in [4.69, 9.17) is 4.74 Å². The summed E-state index contributed by atoms with van der Waals surface area (Å²) in [7, 11) is 1.99. The van der Waals surface area contributed by atoms with Crippen LogP contribution in [0.5, 0.6) is 0 Å². The quantitative estimate of drug-likeness (QED) is 0.860.